The summed E-state index contributed by atoms with van der Waals surface area (Å²) >= 11 is 0. The summed E-state index contributed by atoms with van der Waals surface area (Å²) in [4.78, 5) is 27.7. The number of aliphatic hydroxyl groups excluding tert-OH is 1. The van der Waals surface area contributed by atoms with Gasteiger partial charge in [-0.2, -0.15) is 0 Å². The predicted octanol–water partition coefficient (Wildman–Crippen LogP) is 3.31. The summed E-state index contributed by atoms with van der Waals surface area (Å²) < 4.78 is 11.1. The van der Waals surface area contributed by atoms with E-state index in [4.69, 9.17) is 9.47 Å². The van der Waals surface area contributed by atoms with E-state index in [1.54, 1.807) is 6.92 Å². The fraction of sp³-hybridized carbons (Fsp3) is 0.652. The molecule has 0 bridgehead atoms. The van der Waals surface area contributed by atoms with Crippen molar-refractivity contribution < 1.29 is 24.2 Å². The molecule has 1 N–H and O–H groups in total. The van der Waals surface area contributed by atoms with Gasteiger partial charge in [0.25, 0.3) is 0 Å². The molecule has 1 aromatic rings. The van der Waals surface area contributed by atoms with Crippen molar-refractivity contribution in [3.05, 3.63) is 35.9 Å². The second-order valence-corrected chi connectivity index (χ2v) is 9.10. The Labute approximate surface area is 174 Å². The van der Waals surface area contributed by atoms with Crippen molar-refractivity contribution in [3.63, 3.8) is 0 Å². The second kappa shape index (κ2) is 9.72. The minimum absolute atomic E-state index is 0.210. The van der Waals surface area contributed by atoms with Gasteiger partial charge in [0.1, 0.15) is 11.6 Å². The summed E-state index contributed by atoms with van der Waals surface area (Å²) in [6.45, 7) is 11.2. The number of rotatable bonds is 7. The standard InChI is InChI=1S/C23H35NO5/c1-15(2)28-21(26)19-13-12-18(24(19)14-17-10-8-7-9-11-17)20(16(3)25)22(27)29-23(4,5)6/h7-11,15-16,18-20,25H,12-14H2,1-6H3/t16-,18+,19-,20+/m0/s1. The molecule has 0 aliphatic carbocycles. The van der Waals surface area contributed by atoms with Gasteiger partial charge in [-0.1, -0.05) is 30.3 Å². The number of hydrogen-bond acceptors (Lipinski definition) is 6. The van der Waals surface area contributed by atoms with Crippen molar-refractivity contribution in [2.45, 2.75) is 90.8 Å². The Hall–Kier alpha value is -1.92. The Bertz CT molecular complexity index is 680. The topological polar surface area (TPSA) is 76.1 Å². The molecule has 6 nitrogen and oxygen atoms in total. The van der Waals surface area contributed by atoms with Crippen LogP contribution in [0.2, 0.25) is 0 Å². The van der Waals surface area contributed by atoms with Crippen LogP contribution in [0.25, 0.3) is 0 Å². The Balaban J connectivity index is 2.33. The summed E-state index contributed by atoms with van der Waals surface area (Å²) in [6.07, 6.45) is 0.0840. The van der Waals surface area contributed by atoms with Crippen LogP contribution in [0.4, 0.5) is 0 Å². The van der Waals surface area contributed by atoms with Crippen molar-refractivity contribution in [3.8, 4) is 0 Å². The van der Waals surface area contributed by atoms with Gasteiger partial charge in [-0.15, -0.1) is 0 Å². The number of hydrogen-bond donors (Lipinski definition) is 1. The van der Waals surface area contributed by atoms with Crippen LogP contribution >= 0.6 is 0 Å². The van der Waals surface area contributed by atoms with Crippen LogP contribution in [0.1, 0.15) is 59.9 Å². The van der Waals surface area contributed by atoms with E-state index in [1.807, 2.05) is 69.9 Å². The maximum Gasteiger partial charge on any atom is 0.323 e. The molecule has 1 fully saturated rings. The highest BCUT2D eigenvalue weighted by Gasteiger charge is 2.47. The van der Waals surface area contributed by atoms with E-state index in [9.17, 15) is 14.7 Å². The largest absolute Gasteiger partial charge is 0.462 e. The quantitative estimate of drug-likeness (QED) is 0.702. The summed E-state index contributed by atoms with van der Waals surface area (Å²) in [5, 5.41) is 10.5. The van der Waals surface area contributed by atoms with Gasteiger partial charge in [0.2, 0.25) is 0 Å². The highest BCUT2D eigenvalue weighted by Crippen LogP contribution is 2.34. The maximum atomic E-state index is 12.9. The highest BCUT2D eigenvalue weighted by atomic mass is 16.6. The highest BCUT2D eigenvalue weighted by molar-refractivity contribution is 5.78. The number of aliphatic hydroxyl groups is 1. The van der Waals surface area contributed by atoms with Crippen LogP contribution in [0.3, 0.4) is 0 Å². The van der Waals surface area contributed by atoms with Gasteiger partial charge in [-0.25, -0.2) is 0 Å². The fourth-order valence-electron chi connectivity index (χ4n) is 3.91. The van der Waals surface area contributed by atoms with Crippen molar-refractivity contribution in [2.24, 2.45) is 5.92 Å². The zero-order valence-electron chi connectivity index (χ0n) is 18.4. The van der Waals surface area contributed by atoms with Crippen molar-refractivity contribution in [1.82, 2.24) is 4.90 Å². The normalized spacial score (nSPS) is 22.3. The molecule has 0 spiro atoms. The minimum atomic E-state index is -0.895. The zero-order valence-corrected chi connectivity index (χ0v) is 18.4. The van der Waals surface area contributed by atoms with Crippen LogP contribution in [0.5, 0.6) is 0 Å². The first-order valence-electron chi connectivity index (χ1n) is 10.4. The van der Waals surface area contributed by atoms with Crippen molar-refractivity contribution in [2.75, 3.05) is 0 Å². The molecule has 4 atom stereocenters. The third-order valence-corrected chi connectivity index (χ3v) is 5.01. The molecule has 0 saturated carbocycles. The SMILES string of the molecule is CC(C)OC(=O)[C@@H]1CC[C@H]([C@H](C(=O)OC(C)(C)C)[C@H](C)O)N1Cc1ccccc1. The molecule has 1 aliphatic heterocycles. The summed E-state index contributed by atoms with van der Waals surface area (Å²) in [7, 11) is 0. The van der Waals surface area contributed by atoms with Crippen molar-refractivity contribution >= 4 is 11.9 Å². The molecule has 0 unspecified atom stereocenters. The molecule has 29 heavy (non-hydrogen) atoms. The average Bonchev–Trinajstić information content (AvgIpc) is 2.96. The molecule has 6 heteroatoms. The third kappa shape index (κ3) is 6.54. The van der Waals surface area contributed by atoms with Gasteiger partial charge in [0, 0.05) is 12.6 Å². The minimum Gasteiger partial charge on any atom is -0.462 e. The number of nitrogens with zero attached hydrogens (tertiary/aromatic N) is 1. The number of likely N-dealkylation sites (tertiary alicyclic amines) is 1. The molecule has 1 saturated heterocycles. The lowest BCUT2D eigenvalue weighted by Gasteiger charge is -2.36. The Morgan fingerprint density at radius 2 is 1.76 bits per heavy atom. The Morgan fingerprint density at radius 3 is 2.28 bits per heavy atom. The monoisotopic (exact) mass is 405 g/mol. The van der Waals surface area contributed by atoms with E-state index in [0.717, 1.165) is 5.56 Å². The first-order chi connectivity index (χ1) is 13.5. The van der Waals surface area contributed by atoms with Crippen LogP contribution in [0.15, 0.2) is 30.3 Å². The van der Waals surface area contributed by atoms with E-state index in [2.05, 4.69) is 0 Å². The summed E-state index contributed by atoms with van der Waals surface area (Å²) in [5.74, 6) is -1.46. The molecule has 0 radical (unpaired) electrons. The van der Waals surface area contributed by atoms with Crippen LogP contribution in [0, 0.1) is 5.92 Å². The Kier molecular flexibility index (Phi) is 7.83. The number of carbonyl (C=O) groups is 2. The molecule has 2 rings (SSSR count). The lowest BCUT2D eigenvalue weighted by molar-refractivity contribution is -0.169. The molecule has 1 heterocycles. The molecular weight excluding hydrogens is 370 g/mol. The summed E-state index contributed by atoms with van der Waals surface area (Å²) in [5.41, 5.74) is 0.388. The molecule has 0 amide bonds. The molecule has 0 aromatic heterocycles. The predicted molar refractivity (Wildman–Crippen MR) is 111 cm³/mol. The van der Waals surface area contributed by atoms with Crippen molar-refractivity contribution in [1.29, 1.82) is 0 Å². The Morgan fingerprint density at radius 1 is 1.14 bits per heavy atom. The molecule has 1 aliphatic rings. The van der Waals surface area contributed by atoms with Crippen LogP contribution < -0.4 is 0 Å². The van der Waals surface area contributed by atoms with E-state index < -0.39 is 29.6 Å². The molecule has 1 aromatic carbocycles. The molecule has 162 valence electrons. The van der Waals surface area contributed by atoms with E-state index >= 15 is 0 Å². The molecular formula is C23H35NO5. The number of benzene rings is 1. The van der Waals surface area contributed by atoms with Gasteiger partial charge in [0.15, 0.2) is 0 Å². The fourth-order valence-corrected chi connectivity index (χ4v) is 3.91. The number of carbonyl (C=O) groups excluding carboxylic acids is 2. The van der Waals surface area contributed by atoms with E-state index in [0.29, 0.717) is 19.4 Å². The van der Waals surface area contributed by atoms with Crippen LogP contribution in [-0.2, 0) is 25.6 Å². The van der Waals surface area contributed by atoms with E-state index in [1.165, 1.54) is 0 Å². The van der Waals surface area contributed by atoms with Crippen LogP contribution in [-0.4, -0.2) is 51.8 Å². The number of esters is 2. The average molecular weight is 406 g/mol. The second-order valence-electron chi connectivity index (χ2n) is 9.10. The van der Waals surface area contributed by atoms with Gasteiger partial charge < -0.3 is 14.6 Å². The zero-order chi connectivity index (χ0) is 21.8. The first kappa shape index (κ1) is 23.4. The summed E-state index contributed by atoms with van der Waals surface area (Å²) in [6, 6.07) is 9.05. The van der Waals surface area contributed by atoms with Gasteiger partial charge in [-0.05, 0) is 59.9 Å². The van der Waals surface area contributed by atoms with Gasteiger partial charge >= 0.3 is 11.9 Å². The lowest BCUT2D eigenvalue weighted by Crippen LogP contribution is -2.50. The number of ether oxygens (including phenoxy) is 2. The van der Waals surface area contributed by atoms with E-state index in [-0.39, 0.29) is 18.1 Å². The lowest BCUT2D eigenvalue weighted by atomic mass is 9.92. The maximum absolute atomic E-state index is 12.9. The third-order valence-electron chi connectivity index (χ3n) is 5.01. The first-order valence-corrected chi connectivity index (χ1v) is 10.4. The smallest absolute Gasteiger partial charge is 0.323 e. The van der Waals surface area contributed by atoms with Gasteiger partial charge in [0.05, 0.1) is 18.1 Å². The van der Waals surface area contributed by atoms with Gasteiger partial charge in [-0.3, -0.25) is 14.5 Å².